The molecule has 0 bridgehead atoms. The lowest BCUT2D eigenvalue weighted by molar-refractivity contribution is -0.116. The number of nitrogens with one attached hydrogen (secondary N) is 1. The van der Waals surface area contributed by atoms with Crippen LogP contribution in [0.1, 0.15) is 19.8 Å². The Kier molecular flexibility index (Phi) is 3.55. The van der Waals surface area contributed by atoms with E-state index in [1.807, 2.05) is 42.0 Å². The van der Waals surface area contributed by atoms with Crippen molar-refractivity contribution in [1.29, 1.82) is 0 Å². The molecule has 0 aliphatic rings. The molecule has 0 atom stereocenters. The molecule has 2 aromatic rings. The standard InChI is InChI=1S/C13H15N3O/c1-2-4-13(17)15-11-5-3-6-12(9-11)16-8-7-14-10-16/h3,5-10H,2,4H2,1H3,(H,15,17). The molecule has 0 spiro atoms. The van der Waals surface area contributed by atoms with Crippen LogP contribution >= 0.6 is 0 Å². The Bertz CT molecular complexity index is 491. The van der Waals surface area contributed by atoms with E-state index in [2.05, 4.69) is 10.3 Å². The predicted octanol–water partition coefficient (Wildman–Crippen LogP) is 2.61. The first-order valence-corrected chi connectivity index (χ1v) is 5.68. The molecule has 4 heteroatoms. The number of amides is 1. The maximum absolute atomic E-state index is 11.5. The highest BCUT2D eigenvalue weighted by Gasteiger charge is 2.02. The van der Waals surface area contributed by atoms with Gasteiger partial charge in [0.2, 0.25) is 5.91 Å². The van der Waals surface area contributed by atoms with Crippen molar-refractivity contribution in [1.82, 2.24) is 9.55 Å². The lowest BCUT2D eigenvalue weighted by atomic mass is 10.2. The van der Waals surface area contributed by atoms with Gasteiger partial charge in [-0.1, -0.05) is 13.0 Å². The zero-order valence-electron chi connectivity index (χ0n) is 9.76. The smallest absolute Gasteiger partial charge is 0.224 e. The third kappa shape index (κ3) is 2.93. The van der Waals surface area contributed by atoms with E-state index in [0.29, 0.717) is 6.42 Å². The van der Waals surface area contributed by atoms with Gasteiger partial charge in [-0.2, -0.15) is 0 Å². The first-order valence-electron chi connectivity index (χ1n) is 5.68. The summed E-state index contributed by atoms with van der Waals surface area (Å²) in [5, 5.41) is 2.87. The third-order valence-corrected chi connectivity index (χ3v) is 2.41. The molecule has 4 nitrogen and oxygen atoms in total. The minimum Gasteiger partial charge on any atom is -0.326 e. The second-order valence-electron chi connectivity index (χ2n) is 3.82. The molecule has 0 saturated heterocycles. The van der Waals surface area contributed by atoms with Gasteiger partial charge in [0.25, 0.3) is 0 Å². The summed E-state index contributed by atoms with van der Waals surface area (Å²) < 4.78 is 1.90. The van der Waals surface area contributed by atoms with Crippen LogP contribution in [0.3, 0.4) is 0 Å². The summed E-state index contributed by atoms with van der Waals surface area (Å²) in [6.07, 6.45) is 6.73. The molecule has 1 aromatic heterocycles. The van der Waals surface area contributed by atoms with Gasteiger partial charge in [0, 0.05) is 30.2 Å². The van der Waals surface area contributed by atoms with Gasteiger partial charge in [0.1, 0.15) is 0 Å². The van der Waals surface area contributed by atoms with Crippen molar-refractivity contribution in [3.05, 3.63) is 43.0 Å². The van der Waals surface area contributed by atoms with E-state index in [1.54, 1.807) is 12.5 Å². The maximum atomic E-state index is 11.5. The lowest BCUT2D eigenvalue weighted by Gasteiger charge is -2.07. The second kappa shape index (κ2) is 5.30. The summed E-state index contributed by atoms with van der Waals surface area (Å²) in [7, 11) is 0. The molecule has 1 heterocycles. The number of carbonyl (C=O) groups is 1. The van der Waals surface area contributed by atoms with Crippen LogP contribution < -0.4 is 5.32 Å². The van der Waals surface area contributed by atoms with Crippen LogP contribution in [0.15, 0.2) is 43.0 Å². The van der Waals surface area contributed by atoms with Crippen LogP contribution in [0.25, 0.3) is 5.69 Å². The molecule has 1 amide bonds. The van der Waals surface area contributed by atoms with Crippen LogP contribution in [0.5, 0.6) is 0 Å². The Labute approximate surface area is 100 Å². The van der Waals surface area contributed by atoms with E-state index in [-0.39, 0.29) is 5.91 Å². The van der Waals surface area contributed by atoms with Crippen molar-refractivity contribution in [2.45, 2.75) is 19.8 Å². The van der Waals surface area contributed by atoms with Crippen LogP contribution in [0, 0.1) is 0 Å². The number of imidazole rings is 1. The van der Waals surface area contributed by atoms with Gasteiger partial charge in [-0.3, -0.25) is 4.79 Å². The van der Waals surface area contributed by atoms with Crippen LogP contribution in [0.4, 0.5) is 5.69 Å². The summed E-state index contributed by atoms with van der Waals surface area (Å²) in [6.45, 7) is 1.99. The van der Waals surface area contributed by atoms with Gasteiger partial charge in [-0.05, 0) is 24.6 Å². The number of rotatable bonds is 4. The Morgan fingerprint density at radius 2 is 2.35 bits per heavy atom. The molecular formula is C13H15N3O. The quantitative estimate of drug-likeness (QED) is 0.876. The number of hydrogen-bond acceptors (Lipinski definition) is 2. The summed E-state index contributed by atoms with van der Waals surface area (Å²) in [6, 6.07) is 7.69. The number of aromatic nitrogens is 2. The van der Waals surface area contributed by atoms with Gasteiger partial charge in [-0.25, -0.2) is 4.98 Å². The molecule has 2 rings (SSSR count). The highest BCUT2D eigenvalue weighted by Crippen LogP contribution is 2.14. The Morgan fingerprint density at radius 1 is 1.47 bits per heavy atom. The summed E-state index contributed by atoms with van der Waals surface area (Å²) >= 11 is 0. The highest BCUT2D eigenvalue weighted by atomic mass is 16.1. The maximum Gasteiger partial charge on any atom is 0.224 e. The van der Waals surface area contributed by atoms with Gasteiger partial charge in [0.15, 0.2) is 0 Å². The van der Waals surface area contributed by atoms with E-state index in [9.17, 15) is 4.79 Å². The molecule has 0 radical (unpaired) electrons. The monoisotopic (exact) mass is 229 g/mol. The van der Waals surface area contributed by atoms with Gasteiger partial charge in [-0.15, -0.1) is 0 Å². The highest BCUT2D eigenvalue weighted by molar-refractivity contribution is 5.90. The lowest BCUT2D eigenvalue weighted by Crippen LogP contribution is -2.10. The summed E-state index contributed by atoms with van der Waals surface area (Å²) in [5.41, 5.74) is 1.80. The zero-order chi connectivity index (χ0) is 12.1. The fourth-order valence-corrected chi connectivity index (χ4v) is 1.61. The van der Waals surface area contributed by atoms with E-state index in [4.69, 9.17) is 0 Å². The normalized spacial score (nSPS) is 10.2. The molecule has 0 fully saturated rings. The zero-order valence-corrected chi connectivity index (χ0v) is 9.76. The average molecular weight is 229 g/mol. The van der Waals surface area contributed by atoms with E-state index in [1.165, 1.54) is 0 Å². The second-order valence-corrected chi connectivity index (χ2v) is 3.82. The van der Waals surface area contributed by atoms with Crippen LogP contribution in [0.2, 0.25) is 0 Å². The summed E-state index contributed by atoms with van der Waals surface area (Å²) in [5.74, 6) is 0.0512. The van der Waals surface area contributed by atoms with Gasteiger partial charge < -0.3 is 9.88 Å². The fraction of sp³-hybridized carbons (Fsp3) is 0.231. The van der Waals surface area contributed by atoms with Crippen molar-refractivity contribution >= 4 is 11.6 Å². The molecule has 0 unspecified atom stereocenters. The van der Waals surface area contributed by atoms with Crippen molar-refractivity contribution in [3.63, 3.8) is 0 Å². The van der Waals surface area contributed by atoms with Gasteiger partial charge in [0.05, 0.1) is 6.33 Å². The SMILES string of the molecule is CCCC(=O)Nc1cccc(-n2ccnc2)c1. The number of anilines is 1. The number of benzene rings is 1. The van der Waals surface area contributed by atoms with Crippen molar-refractivity contribution in [2.75, 3.05) is 5.32 Å². The molecule has 88 valence electrons. The van der Waals surface area contributed by atoms with Crippen molar-refractivity contribution in [3.8, 4) is 5.69 Å². The minimum atomic E-state index is 0.0512. The largest absolute Gasteiger partial charge is 0.326 e. The Morgan fingerprint density at radius 3 is 3.06 bits per heavy atom. The van der Waals surface area contributed by atoms with Gasteiger partial charge >= 0.3 is 0 Å². The van der Waals surface area contributed by atoms with E-state index >= 15 is 0 Å². The summed E-state index contributed by atoms with van der Waals surface area (Å²) in [4.78, 5) is 15.5. The topological polar surface area (TPSA) is 46.9 Å². The first-order chi connectivity index (χ1) is 8.29. The Hall–Kier alpha value is -2.10. The molecule has 0 aliphatic carbocycles. The number of hydrogen-bond donors (Lipinski definition) is 1. The molecular weight excluding hydrogens is 214 g/mol. The van der Waals surface area contributed by atoms with E-state index < -0.39 is 0 Å². The van der Waals surface area contributed by atoms with Crippen molar-refractivity contribution in [2.24, 2.45) is 0 Å². The Balaban J connectivity index is 2.15. The predicted molar refractivity (Wildman–Crippen MR) is 67.1 cm³/mol. The molecule has 1 aromatic carbocycles. The molecule has 17 heavy (non-hydrogen) atoms. The number of nitrogens with zero attached hydrogens (tertiary/aromatic N) is 2. The van der Waals surface area contributed by atoms with Crippen LogP contribution in [-0.4, -0.2) is 15.5 Å². The fourth-order valence-electron chi connectivity index (χ4n) is 1.61. The first kappa shape index (κ1) is 11.4. The van der Waals surface area contributed by atoms with E-state index in [0.717, 1.165) is 17.8 Å². The van der Waals surface area contributed by atoms with Crippen molar-refractivity contribution < 1.29 is 4.79 Å². The molecule has 1 N–H and O–H groups in total. The molecule has 0 saturated carbocycles. The van der Waals surface area contributed by atoms with Crippen LogP contribution in [-0.2, 0) is 4.79 Å². The minimum absolute atomic E-state index is 0.0512. The third-order valence-electron chi connectivity index (χ3n) is 2.41. The average Bonchev–Trinajstić information content (AvgIpc) is 2.83. The molecule has 0 aliphatic heterocycles. The number of carbonyl (C=O) groups excluding carboxylic acids is 1.